The first-order chi connectivity index (χ1) is 19.2. The topological polar surface area (TPSA) is 146 Å². The first-order valence-corrected chi connectivity index (χ1v) is 15.7. The van der Waals surface area contributed by atoms with Gasteiger partial charge in [-0.15, -0.1) is 0 Å². The number of hydrogen-bond acceptors (Lipinski definition) is 9. The highest BCUT2D eigenvalue weighted by molar-refractivity contribution is 5.71. The number of hydrogen-bond donors (Lipinski definition) is 5. The third-order valence-corrected chi connectivity index (χ3v) is 14.0. The molecule has 6 fully saturated rings. The van der Waals surface area contributed by atoms with Gasteiger partial charge >= 0.3 is 5.97 Å². The van der Waals surface area contributed by atoms with Gasteiger partial charge in [0.2, 0.25) is 0 Å². The Hall–Kier alpha value is -1.07. The van der Waals surface area contributed by atoms with Crippen LogP contribution in [0.2, 0.25) is 0 Å². The molecule has 9 heteroatoms. The Kier molecular flexibility index (Phi) is 6.13. The molecule has 0 bridgehead atoms. The van der Waals surface area contributed by atoms with Crippen molar-refractivity contribution < 1.29 is 44.5 Å². The monoisotopic (exact) mass is 576 g/mol. The molecule has 0 amide bonds. The van der Waals surface area contributed by atoms with Gasteiger partial charge in [0.15, 0.2) is 6.29 Å². The van der Waals surface area contributed by atoms with Crippen LogP contribution in [0.25, 0.3) is 0 Å². The third kappa shape index (κ3) is 3.35. The number of aliphatic hydroxyl groups excluding tert-OH is 5. The number of ether oxygens (including phenoxy) is 3. The molecule has 4 saturated carbocycles. The summed E-state index contributed by atoms with van der Waals surface area (Å²) in [5, 5.41) is 52.9. The summed E-state index contributed by atoms with van der Waals surface area (Å²) in [4.78, 5) is 12.4. The predicted molar refractivity (Wildman–Crippen MR) is 146 cm³/mol. The molecule has 0 aromatic carbocycles. The lowest BCUT2D eigenvalue weighted by molar-refractivity contribution is -0.325. The fourth-order valence-corrected chi connectivity index (χ4v) is 11.9. The van der Waals surface area contributed by atoms with E-state index in [9.17, 15) is 30.3 Å². The van der Waals surface area contributed by atoms with Crippen molar-refractivity contribution in [3.63, 3.8) is 0 Å². The molecule has 230 valence electrons. The molecule has 0 aromatic heterocycles. The molecule has 2 saturated heterocycles. The number of carbonyl (C=O) groups excluding carboxylic acids is 1. The average molecular weight is 577 g/mol. The number of fused-ring (bicyclic) bond motifs is 4. The van der Waals surface area contributed by atoms with Gasteiger partial charge in [0.25, 0.3) is 0 Å². The van der Waals surface area contributed by atoms with E-state index in [4.69, 9.17) is 14.2 Å². The summed E-state index contributed by atoms with van der Waals surface area (Å²) in [5.74, 6) is 0.614. The first kappa shape index (κ1) is 28.7. The second-order valence-corrected chi connectivity index (χ2v) is 15.8. The maximum absolute atomic E-state index is 12.4. The molecular formula is C32H48O9. The molecule has 9 nitrogen and oxygen atoms in total. The van der Waals surface area contributed by atoms with Crippen molar-refractivity contribution in [3.05, 3.63) is 11.6 Å². The average Bonchev–Trinajstić information content (AvgIpc) is 3.52. The number of allylic oxidation sites excluding steroid dienone is 1. The van der Waals surface area contributed by atoms with Crippen molar-refractivity contribution in [1.82, 2.24) is 0 Å². The Morgan fingerprint density at radius 3 is 2.49 bits per heavy atom. The van der Waals surface area contributed by atoms with Crippen LogP contribution in [0.1, 0.15) is 79.6 Å². The van der Waals surface area contributed by atoms with Crippen molar-refractivity contribution in [1.29, 1.82) is 0 Å². The zero-order valence-corrected chi connectivity index (χ0v) is 25.0. The van der Waals surface area contributed by atoms with E-state index in [1.165, 1.54) is 5.57 Å². The van der Waals surface area contributed by atoms with Crippen LogP contribution in [0, 0.1) is 44.8 Å². The third-order valence-electron chi connectivity index (χ3n) is 14.0. The zero-order chi connectivity index (χ0) is 29.5. The largest absolute Gasteiger partial charge is 0.462 e. The normalized spacial score (nSPS) is 58.6. The minimum absolute atomic E-state index is 0.0460. The van der Waals surface area contributed by atoms with Gasteiger partial charge in [-0.2, -0.15) is 0 Å². The van der Waals surface area contributed by atoms with E-state index in [2.05, 4.69) is 40.7 Å². The van der Waals surface area contributed by atoms with Gasteiger partial charge in [-0.3, -0.25) is 4.79 Å². The highest BCUT2D eigenvalue weighted by Gasteiger charge is 2.84. The van der Waals surface area contributed by atoms with Gasteiger partial charge in [-0.1, -0.05) is 46.3 Å². The lowest BCUT2D eigenvalue weighted by Gasteiger charge is -2.61. The SMILES string of the molecule is C[C@@H]1CC(=O)OC2C[C@@]3(C)C4=CC[C@H]5C(C)(C)[C@@H](O[C@@H]6O[C@H](CO)[C@@H](O)[C@H](O)[C@H]6O)CC[C@@]56C[C@@]46[C@@H](O)C[C@]3(C)[C@H]21. The minimum atomic E-state index is -1.47. The summed E-state index contributed by atoms with van der Waals surface area (Å²) in [6.45, 7) is 10.8. The molecule has 7 rings (SSSR count). The first-order valence-electron chi connectivity index (χ1n) is 15.7. The van der Waals surface area contributed by atoms with Crippen LogP contribution in [0.15, 0.2) is 11.6 Å². The van der Waals surface area contributed by atoms with Crippen LogP contribution in [0.5, 0.6) is 0 Å². The summed E-state index contributed by atoms with van der Waals surface area (Å²) in [5.41, 5.74) is 0.445. The molecule has 2 aliphatic heterocycles. The van der Waals surface area contributed by atoms with E-state index in [-0.39, 0.29) is 63.0 Å². The summed E-state index contributed by atoms with van der Waals surface area (Å²) in [7, 11) is 0. The summed E-state index contributed by atoms with van der Waals surface area (Å²) < 4.78 is 18.1. The van der Waals surface area contributed by atoms with Crippen molar-refractivity contribution >= 4 is 5.97 Å². The Labute approximate surface area is 242 Å². The highest BCUT2D eigenvalue weighted by Crippen LogP contribution is 2.88. The maximum atomic E-state index is 12.4. The number of aliphatic hydroxyl groups is 5. The Morgan fingerprint density at radius 1 is 1.05 bits per heavy atom. The Bertz CT molecular complexity index is 1150. The van der Waals surface area contributed by atoms with E-state index < -0.39 is 43.4 Å². The van der Waals surface area contributed by atoms with Crippen LogP contribution in [0.4, 0.5) is 0 Å². The van der Waals surface area contributed by atoms with Crippen molar-refractivity contribution in [3.8, 4) is 0 Å². The van der Waals surface area contributed by atoms with E-state index >= 15 is 0 Å². The minimum Gasteiger partial charge on any atom is -0.462 e. The summed E-state index contributed by atoms with van der Waals surface area (Å²) in [6.07, 6.45) is 0.481. The van der Waals surface area contributed by atoms with E-state index in [0.717, 1.165) is 25.7 Å². The van der Waals surface area contributed by atoms with E-state index in [1.54, 1.807) is 0 Å². The standard InChI is InChI=1S/C32H48O9/c1-15-10-22(35)39-16-11-29(4)19-7-6-18-28(2,3)21(41-27-26(38)25(37)24(36)17(13-33)40-27)8-9-31(18)14-32(19,31)20(34)12-30(29,5)23(15)16/h7,15-18,20-21,23-27,33-34,36-38H,6,8-14H2,1-5H3/t15-,16?,17-,18+,20+,21+,23+,24-,25+,26-,27+,29+,30-,31-,32+/m1/s1. The lowest BCUT2D eigenvalue weighted by Crippen LogP contribution is -2.62. The molecule has 2 heterocycles. The number of rotatable bonds is 3. The Balaban J connectivity index is 1.19. The molecule has 7 aliphatic rings. The van der Waals surface area contributed by atoms with Crippen molar-refractivity contribution in [2.75, 3.05) is 6.61 Å². The molecule has 15 atom stereocenters. The van der Waals surface area contributed by atoms with Crippen LogP contribution in [-0.4, -0.2) is 87.1 Å². The van der Waals surface area contributed by atoms with Crippen LogP contribution >= 0.6 is 0 Å². The van der Waals surface area contributed by atoms with Gasteiger partial charge < -0.3 is 39.7 Å². The molecule has 0 aromatic rings. The molecule has 41 heavy (non-hydrogen) atoms. The molecular weight excluding hydrogens is 528 g/mol. The van der Waals surface area contributed by atoms with Crippen LogP contribution in [-0.2, 0) is 19.0 Å². The van der Waals surface area contributed by atoms with Crippen LogP contribution in [0.3, 0.4) is 0 Å². The van der Waals surface area contributed by atoms with E-state index in [0.29, 0.717) is 19.3 Å². The lowest BCUT2D eigenvalue weighted by atomic mass is 9.44. The van der Waals surface area contributed by atoms with Gasteiger partial charge in [0, 0.05) is 17.8 Å². The summed E-state index contributed by atoms with van der Waals surface area (Å²) >= 11 is 0. The van der Waals surface area contributed by atoms with Gasteiger partial charge in [-0.05, 0) is 72.0 Å². The molecule has 5 aliphatic carbocycles. The van der Waals surface area contributed by atoms with E-state index in [1.807, 2.05) is 0 Å². The van der Waals surface area contributed by atoms with Gasteiger partial charge in [-0.25, -0.2) is 0 Å². The maximum Gasteiger partial charge on any atom is 0.306 e. The number of carbonyl (C=O) groups is 1. The number of esters is 1. The van der Waals surface area contributed by atoms with Gasteiger partial charge in [0.05, 0.1) is 18.8 Å². The van der Waals surface area contributed by atoms with Crippen LogP contribution < -0.4 is 0 Å². The zero-order valence-electron chi connectivity index (χ0n) is 25.0. The molecule has 2 spiro atoms. The highest BCUT2D eigenvalue weighted by atomic mass is 16.7. The summed E-state index contributed by atoms with van der Waals surface area (Å²) in [6, 6.07) is 0. The van der Waals surface area contributed by atoms with Crippen molar-refractivity contribution in [2.24, 2.45) is 44.8 Å². The Morgan fingerprint density at radius 2 is 1.78 bits per heavy atom. The molecule has 1 unspecified atom stereocenters. The fourth-order valence-electron chi connectivity index (χ4n) is 11.9. The second kappa shape index (κ2) is 8.77. The second-order valence-electron chi connectivity index (χ2n) is 15.8. The van der Waals surface area contributed by atoms with Crippen molar-refractivity contribution in [2.45, 2.75) is 129 Å². The fraction of sp³-hybridized carbons (Fsp3) is 0.906. The predicted octanol–water partition coefficient (Wildman–Crippen LogP) is 2.06. The molecule has 0 radical (unpaired) electrons. The smallest absolute Gasteiger partial charge is 0.306 e. The van der Waals surface area contributed by atoms with Gasteiger partial charge in [0.1, 0.15) is 30.5 Å². The quantitative estimate of drug-likeness (QED) is 0.252. The molecule has 5 N–H and O–H groups in total.